The van der Waals surface area contributed by atoms with Gasteiger partial charge >= 0.3 is 0 Å². The molecule has 1 atom stereocenters. The molecule has 0 bridgehead atoms. The van der Waals surface area contributed by atoms with E-state index in [-0.39, 0.29) is 12.1 Å². The molecular weight excluding hydrogens is 272 g/mol. The molecule has 0 aliphatic rings. The van der Waals surface area contributed by atoms with Crippen molar-refractivity contribution in [1.82, 2.24) is 5.32 Å². The lowest BCUT2D eigenvalue weighted by Gasteiger charge is -2.22. The second kappa shape index (κ2) is 8.50. The van der Waals surface area contributed by atoms with Crippen molar-refractivity contribution in [2.24, 2.45) is 0 Å². The van der Waals surface area contributed by atoms with Gasteiger partial charge in [0.1, 0.15) is 0 Å². The molecule has 1 rings (SSSR count). The summed E-state index contributed by atoms with van der Waals surface area (Å²) in [6.07, 6.45) is 0.273. The quantitative estimate of drug-likeness (QED) is 0.788. The van der Waals surface area contributed by atoms with Crippen LogP contribution in [0.1, 0.15) is 39.3 Å². The van der Waals surface area contributed by atoms with Gasteiger partial charge in [0.25, 0.3) is 0 Å². The van der Waals surface area contributed by atoms with Crippen LogP contribution in [0.5, 0.6) is 0 Å². The molecule has 0 saturated heterocycles. The third-order valence-corrected chi connectivity index (χ3v) is 3.61. The van der Waals surface area contributed by atoms with Crippen molar-refractivity contribution in [3.05, 3.63) is 28.8 Å². The van der Waals surface area contributed by atoms with Gasteiger partial charge in [0.15, 0.2) is 0 Å². The van der Waals surface area contributed by atoms with E-state index in [9.17, 15) is 0 Å². The monoisotopic (exact) mass is 298 g/mol. The van der Waals surface area contributed by atoms with Gasteiger partial charge in [0.2, 0.25) is 0 Å². The number of halogens is 1. The fourth-order valence-corrected chi connectivity index (χ4v) is 2.41. The summed E-state index contributed by atoms with van der Waals surface area (Å²) >= 11 is 6.39. The predicted octanol–water partition coefficient (Wildman–Crippen LogP) is 3.87. The summed E-state index contributed by atoms with van der Waals surface area (Å²) in [7, 11) is 2.06. The third-order valence-electron chi connectivity index (χ3n) is 3.28. The summed E-state index contributed by atoms with van der Waals surface area (Å²) in [4.78, 5) is 2.16. The first-order valence-electron chi connectivity index (χ1n) is 7.31. The number of benzene rings is 1. The molecule has 0 saturated carbocycles. The second-order valence-corrected chi connectivity index (χ2v) is 5.73. The largest absolute Gasteiger partial charge is 0.377 e. The number of nitrogens with one attached hydrogen (secondary N) is 1. The van der Waals surface area contributed by atoms with Gasteiger partial charge in [-0.05, 0) is 45.0 Å². The molecule has 0 spiro atoms. The topological polar surface area (TPSA) is 24.5 Å². The molecule has 0 radical (unpaired) electrons. The van der Waals surface area contributed by atoms with Gasteiger partial charge < -0.3 is 15.0 Å². The van der Waals surface area contributed by atoms with Crippen LogP contribution in [0.4, 0.5) is 5.69 Å². The minimum atomic E-state index is 0.273. The highest BCUT2D eigenvalue weighted by molar-refractivity contribution is 6.31. The number of anilines is 1. The molecule has 20 heavy (non-hydrogen) atoms. The average Bonchev–Trinajstić information content (AvgIpc) is 2.38. The van der Waals surface area contributed by atoms with Crippen molar-refractivity contribution in [2.75, 3.05) is 31.6 Å². The smallest absolute Gasteiger partial charge is 0.0644 e. The van der Waals surface area contributed by atoms with E-state index in [1.54, 1.807) is 0 Å². The normalized spacial score (nSPS) is 12.8. The van der Waals surface area contributed by atoms with Crippen molar-refractivity contribution in [3.8, 4) is 0 Å². The molecule has 0 fully saturated rings. The molecule has 1 aromatic rings. The molecule has 1 aromatic carbocycles. The van der Waals surface area contributed by atoms with Gasteiger partial charge in [-0.3, -0.25) is 0 Å². The standard InChI is InChI=1S/C16H27ClN2O/c1-6-18-13(4)15-8-7-14(11-16(15)17)19(5)9-10-20-12(2)3/h7-8,11-13,18H,6,9-10H2,1-5H3. The molecule has 0 aliphatic carbocycles. The zero-order chi connectivity index (χ0) is 15.1. The molecule has 4 heteroatoms. The summed E-state index contributed by atoms with van der Waals surface area (Å²) < 4.78 is 5.57. The fourth-order valence-electron chi connectivity index (χ4n) is 2.08. The maximum absolute atomic E-state index is 6.39. The summed E-state index contributed by atoms with van der Waals surface area (Å²) in [6.45, 7) is 10.8. The number of likely N-dealkylation sites (N-methyl/N-ethyl adjacent to an activating group) is 1. The summed E-state index contributed by atoms with van der Waals surface area (Å²) in [5.74, 6) is 0. The van der Waals surface area contributed by atoms with Crippen LogP contribution in [0.15, 0.2) is 18.2 Å². The predicted molar refractivity (Wildman–Crippen MR) is 87.9 cm³/mol. The van der Waals surface area contributed by atoms with Crippen molar-refractivity contribution in [3.63, 3.8) is 0 Å². The van der Waals surface area contributed by atoms with Crippen LogP contribution in [-0.2, 0) is 4.74 Å². The maximum atomic E-state index is 6.39. The first kappa shape index (κ1) is 17.3. The number of hydrogen-bond acceptors (Lipinski definition) is 3. The van der Waals surface area contributed by atoms with Crippen molar-refractivity contribution in [1.29, 1.82) is 0 Å². The van der Waals surface area contributed by atoms with Crippen molar-refractivity contribution >= 4 is 17.3 Å². The minimum Gasteiger partial charge on any atom is -0.377 e. The van der Waals surface area contributed by atoms with Crippen LogP contribution in [0.3, 0.4) is 0 Å². The lowest BCUT2D eigenvalue weighted by atomic mass is 10.1. The van der Waals surface area contributed by atoms with Crippen LogP contribution < -0.4 is 10.2 Å². The number of hydrogen-bond donors (Lipinski definition) is 1. The molecule has 1 unspecified atom stereocenters. The highest BCUT2D eigenvalue weighted by atomic mass is 35.5. The summed E-state index contributed by atoms with van der Waals surface area (Å²) in [5, 5.41) is 4.19. The Morgan fingerprint density at radius 2 is 2.00 bits per heavy atom. The van der Waals surface area contributed by atoms with Gasteiger partial charge in [-0.1, -0.05) is 24.6 Å². The van der Waals surface area contributed by atoms with E-state index >= 15 is 0 Å². The van der Waals surface area contributed by atoms with Gasteiger partial charge in [0.05, 0.1) is 12.7 Å². The Labute approximate surface area is 128 Å². The number of rotatable bonds is 8. The van der Waals surface area contributed by atoms with E-state index in [2.05, 4.69) is 43.2 Å². The van der Waals surface area contributed by atoms with Crippen LogP contribution >= 0.6 is 11.6 Å². The zero-order valence-corrected chi connectivity index (χ0v) is 14.0. The van der Waals surface area contributed by atoms with E-state index in [1.165, 1.54) is 0 Å². The maximum Gasteiger partial charge on any atom is 0.0644 e. The minimum absolute atomic E-state index is 0.273. The SMILES string of the molecule is CCNC(C)c1ccc(N(C)CCOC(C)C)cc1Cl. The highest BCUT2D eigenvalue weighted by Gasteiger charge is 2.10. The third kappa shape index (κ3) is 5.31. The molecular formula is C16H27ClN2O. The molecule has 0 aromatic heterocycles. The number of ether oxygens (including phenoxy) is 1. The van der Waals surface area contributed by atoms with Gasteiger partial charge in [0, 0.05) is 30.3 Å². The van der Waals surface area contributed by atoms with Gasteiger partial charge in [-0.25, -0.2) is 0 Å². The van der Waals surface area contributed by atoms with Gasteiger partial charge in [-0.2, -0.15) is 0 Å². The van der Waals surface area contributed by atoms with Crippen molar-refractivity contribution in [2.45, 2.75) is 39.8 Å². The van der Waals surface area contributed by atoms with Crippen LogP contribution in [-0.4, -0.2) is 32.8 Å². The van der Waals surface area contributed by atoms with Crippen molar-refractivity contribution < 1.29 is 4.74 Å². The lowest BCUT2D eigenvalue weighted by Crippen LogP contribution is -2.24. The first-order valence-corrected chi connectivity index (χ1v) is 7.69. The first-order chi connectivity index (χ1) is 9.45. The lowest BCUT2D eigenvalue weighted by molar-refractivity contribution is 0.0846. The number of nitrogens with zero attached hydrogens (tertiary/aromatic N) is 1. The Balaban J connectivity index is 2.66. The fraction of sp³-hybridized carbons (Fsp3) is 0.625. The van der Waals surface area contributed by atoms with E-state index in [1.807, 2.05) is 19.9 Å². The molecule has 0 amide bonds. The van der Waals surface area contributed by atoms with Crippen LogP contribution in [0, 0.1) is 0 Å². The van der Waals surface area contributed by atoms with Gasteiger partial charge in [-0.15, -0.1) is 0 Å². The Morgan fingerprint density at radius 3 is 2.55 bits per heavy atom. The van der Waals surface area contributed by atoms with Crippen LogP contribution in [0.2, 0.25) is 5.02 Å². The van der Waals surface area contributed by atoms with Crippen LogP contribution in [0.25, 0.3) is 0 Å². The summed E-state index contributed by atoms with van der Waals surface area (Å²) in [6, 6.07) is 6.52. The Kier molecular flexibility index (Phi) is 7.35. The van der Waals surface area contributed by atoms with E-state index < -0.39 is 0 Å². The Hall–Kier alpha value is -0.770. The molecule has 3 nitrogen and oxygen atoms in total. The second-order valence-electron chi connectivity index (χ2n) is 5.33. The molecule has 0 aliphatic heterocycles. The van der Waals surface area contributed by atoms with E-state index in [0.29, 0.717) is 0 Å². The summed E-state index contributed by atoms with van der Waals surface area (Å²) in [5.41, 5.74) is 2.26. The zero-order valence-electron chi connectivity index (χ0n) is 13.2. The highest BCUT2D eigenvalue weighted by Crippen LogP contribution is 2.27. The molecule has 1 N–H and O–H groups in total. The van der Waals surface area contributed by atoms with E-state index in [4.69, 9.17) is 16.3 Å². The molecule has 114 valence electrons. The average molecular weight is 299 g/mol. The molecule has 0 heterocycles. The Bertz CT molecular complexity index is 409. The van der Waals surface area contributed by atoms with E-state index in [0.717, 1.165) is 36.0 Å². The Morgan fingerprint density at radius 1 is 1.30 bits per heavy atom.